The van der Waals surface area contributed by atoms with Crippen LogP contribution in [0.4, 0.5) is 5.82 Å². The number of hydrogen-bond donors (Lipinski definition) is 0. The van der Waals surface area contributed by atoms with E-state index >= 15 is 0 Å². The van der Waals surface area contributed by atoms with Crippen LogP contribution in [0, 0.1) is 11.3 Å². The van der Waals surface area contributed by atoms with Crippen molar-refractivity contribution in [2.24, 2.45) is 0 Å². The van der Waals surface area contributed by atoms with Crippen LogP contribution in [0.3, 0.4) is 0 Å². The van der Waals surface area contributed by atoms with Gasteiger partial charge in [0, 0.05) is 55.6 Å². The number of hydrogen-bond acceptors (Lipinski definition) is 6. The van der Waals surface area contributed by atoms with Gasteiger partial charge in [-0.25, -0.2) is 9.97 Å². The van der Waals surface area contributed by atoms with Gasteiger partial charge < -0.3 is 4.90 Å². The number of piperazine rings is 1. The molecule has 2 aromatic heterocycles. The molecule has 0 unspecified atom stereocenters. The van der Waals surface area contributed by atoms with Gasteiger partial charge in [-0.15, -0.1) is 0 Å². The van der Waals surface area contributed by atoms with E-state index < -0.39 is 0 Å². The molecule has 1 atom stereocenters. The molecular weight excluding hydrogens is 396 g/mol. The van der Waals surface area contributed by atoms with Gasteiger partial charge >= 0.3 is 0 Å². The third kappa shape index (κ3) is 4.03. The molecule has 0 spiro atoms. The van der Waals surface area contributed by atoms with E-state index in [1.54, 1.807) is 6.20 Å². The summed E-state index contributed by atoms with van der Waals surface area (Å²) in [7, 11) is 0. The summed E-state index contributed by atoms with van der Waals surface area (Å²) in [4.78, 5) is 18.9. The highest BCUT2D eigenvalue weighted by molar-refractivity contribution is 5.91. The Bertz CT molecular complexity index is 1260. The molecule has 6 heteroatoms. The number of aromatic nitrogens is 3. The fraction of sp³-hybridized carbons (Fsp3) is 0.231. The minimum Gasteiger partial charge on any atom is -0.351 e. The van der Waals surface area contributed by atoms with Crippen LogP contribution in [-0.4, -0.2) is 45.5 Å². The van der Waals surface area contributed by atoms with E-state index in [1.165, 1.54) is 5.56 Å². The summed E-state index contributed by atoms with van der Waals surface area (Å²) in [6.45, 7) is 5.93. The van der Waals surface area contributed by atoms with E-state index in [1.807, 2.05) is 60.8 Å². The second kappa shape index (κ2) is 8.74. The van der Waals surface area contributed by atoms with Gasteiger partial charge in [-0.1, -0.05) is 24.3 Å². The first kappa shape index (κ1) is 20.1. The topological polar surface area (TPSA) is 68.9 Å². The quantitative estimate of drug-likeness (QED) is 0.491. The van der Waals surface area contributed by atoms with Crippen molar-refractivity contribution in [3.05, 3.63) is 84.2 Å². The lowest BCUT2D eigenvalue weighted by Gasteiger charge is -2.41. The molecule has 3 heterocycles. The minimum atomic E-state index is 0.308. The van der Waals surface area contributed by atoms with Gasteiger partial charge in [-0.3, -0.25) is 9.88 Å². The highest BCUT2D eigenvalue weighted by Crippen LogP contribution is 2.30. The number of benzene rings is 2. The van der Waals surface area contributed by atoms with Crippen LogP contribution in [0.5, 0.6) is 0 Å². The number of pyridine rings is 1. The zero-order valence-electron chi connectivity index (χ0n) is 18.0. The Balaban J connectivity index is 1.41. The highest BCUT2D eigenvalue weighted by atomic mass is 15.3. The van der Waals surface area contributed by atoms with Crippen molar-refractivity contribution in [3.8, 4) is 17.5 Å². The first-order chi connectivity index (χ1) is 15.7. The van der Waals surface area contributed by atoms with Crippen molar-refractivity contribution < 1.29 is 0 Å². The molecule has 0 saturated carbocycles. The van der Waals surface area contributed by atoms with Gasteiger partial charge in [-0.2, -0.15) is 5.26 Å². The maximum Gasteiger partial charge on any atom is 0.163 e. The van der Waals surface area contributed by atoms with Crippen molar-refractivity contribution >= 4 is 16.7 Å². The van der Waals surface area contributed by atoms with E-state index in [0.717, 1.165) is 48.5 Å². The summed E-state index contributed by atoms with van der Waals surface area (Å²) < 4.78 is 0. The molecule has 0 amide bonds. The van der Waals surface area contributed by atoms with E-state index in [0.29, 0.717) is 17.4 Å². The second-order valence-electron chi connectivity index (χ2n) is 8.22. The molecule has 1 saturated heterocycles. The Hall–Kier alpha value is -3.82. The Morgan fingerprint density at radius 2 is 1.84 bits per heavy atom. The number of anilines is 1. The smallest absolute Gasteiger partial charge is 0.163 e. The Morgan fingerprint density at radius 3 is 2.59 bits per heavy atom. The van der Waals surface area contributed by atoms with Crippen LogP contribution in [0.1, 0.15) is 18.1 Å². The lowest BCUT2D eigenvalue weighted by Crippen LogP contribution is -2.52. The molecule has 0 radical (unpaired) electrons. The fourth-order valence-corrected chi connectivity index (χ4v) is 4.34. The predicted molar refractivity (Wildman–Crippen MR) is 126 cm³/mol. The number of para-hydroxylation sites is 1. The molecule has 5 rings (SSSR count). The third-order valence-electron chi connectivity index (χ3n) is 5.98. The Morgan fingerprint density at radius 1 is 1.00 bits per heavy atom. The van der Waals surface area contributed by atoms with Crippen LogP contribution in [-0.2, 0) is 6.54 Å². The average molecular weight is 421 g/mol. The molecule has 32 heavy (non-hydrogen) atoms. The molecule has 2 aromatic carbocycles. The van der Waals surface area contributed by atoms with E-state index in [2.05, 4.69) is 33.8 Å². The molecule has 158 valence electrons. The van der Waals surface area contributed by atoms with E-state index in [4.69, 9.17) is 15.2 Å². The largest absolute Gasteiger partial charge is 0.351 e. The summed E-state index contributed by atoms with van der Waals surface area (Å²) in [6.07, 6.45) is 3.58. The van der Waals surface area contributed by atoms with Gasteiger partial charge in [0.05, 0.1) is 17.1 Å². The first-order valence-corrected chi connectivity index (χ1v) is 10.9. The third-order valence-corrected chi connectivity index (χ3v) is 5.98. The molecular formula is C26H24N6. The van der Waals surface area contributed by atoms with Crippen molar-refractivity contribution in [2.45, 2.75) is 19.5 Å². The summed E-state index contributed by atoms with van der Waals surface area (Å²) in [5.74, 6) is 1.69. The lowest BCUT2D eigenvalue weighted by molar-refractivity contribution is 0.220. The molecule has 1 fully saturated rings. The van der Waals surface area contributed by atoms with Crippen LogP contribution >= 0.6 is 0 Å². The van der Waals surface area contributed by atoms with Gasteiger partial charge in [-0.05, 0) is 48.9 Å². The van der Waals surface area contributed by atoms with Gasteiger partial charge in [0.2, 0.25) is 0 Å². The molecule has 6 nitrogen and oxygen atoms in total. The highest BCUT2D eigenvalue weighted by Gasteiger charge is 2.27. The molecule has 0 aliphatic carbocycles. The normalized spacial score (nSPS) is 16.8. The number of rotatable bonds is 4. The van der Waals surface area contributed by atoms with Gasteiger partial charge in [0.25, 0.3) is 0 Å². The SMILES string of the molecule is C[C@@H]1CN(Cc2ccc(C#N)cc2)CCN1c1nc(-c2cccnc2)nc2ccccc12. The zero-order valence-corrected chi connectivity index (χ0v) is 18.0. The van der Waals surface area contributed by atoms with E-state index in [9.17, 15) is 0 Å². The summed E-state index contributed by atoms with van der Waals surface area (Å²) in [5, 5.41) is 10.1. The fourth-order valence-electron chi connectivity index (χ4n) is 4.34. The maximum atomic E-state index is 9.01. The van der Waals surface area contributed by atoms with Crippen LogP contribution < -0.4 is 4.90 Å². The Kier molecular flexibility index (Phi) is 5.49. The van der Waals surface area contributed by atoms with Crippen molar-refractivity contribution in [3.63, 3.8) is 0 Å². The first-order valence-electron chi connectivity index (χ1n) is 10.9. The average Bonchev–Trinajstić information content (AvgIpc) is 2.85. The molecule has 1 aliphatic heterocycles. The zero-order chi connectivity index (χ0) is 21.9. The second-order valence-corrected chi connectivity index (χ2v) is 8.22. The number of fused-ring (bicyclic) bond motifs is 1. The predicted octanol–water partition coefficient (Wildman–Crippen LogP) is 4.27. The molecule has 1 aliphatic rings. The standard InChI is InChI=1S/C26H24N6/c1-19-17-31(18-21-10-8-20(15-27)9-11-21)13-14-32(19)26-23-6-2-3-7-24(23)29-25(30-26)22-5-4-12-28-16-22/h2-12,16,19H,13-14,17-18H2,1H3/t19-/m1/s1. The van der Waals surface area contributed by atoms with E-state index in [-0.39, 0.29) is 0 Å². The molecule has 0 bridgehead atoms. The van der Waals surface area contributed by atoms with Crippen molar-refractivity contribution in [1.29, 1.82) is 5.26 Å². The van der Waals surface area contributed by atoms with Crippen LogP contribution in [0.2, 0.25) is 0 Å². The number of nitrogens with zero attached hydrogens (tertiary/aromatic N) is 6. The van der Waals surface area contributed by atoms with Gasteiger partial charge in [0.15, 0.2) is 5.82 Å². The monoisotopic (exact) mass is 420 g/mol. The van der Waals surface area contributed by atoms with Crippen LogP contribution in [0.15, 0.2) is 73.1 Å². The minimum absolute atomic E-state index is 0.308. The van der Waals surface area contributed by atoms with Gasteiger partial charge in [0.1, 0.15) is 5.82 Å². The molecule has 0 N–H and O–H groups in total. The maximum absolute atomic E-state index is 9.01. The molecule has 4 aromatic rings. The number of nitriles is 1. The Labute approximate surface area is 187 Å². The van der Waals surface area contributed by atoms with Crippen LogP contribution in [0.25, 0.3) is 22.3 Å². The van der Waals surface area contributed by atoms with Crippen molar-refractivity contribution in [1.82, 2.24) is 19.9 Å². The summed E-state index contributed by atoms with van der Waals surface area (Å²) >= 11 is 0. The summed E-state index contributed by atoms with van der Waals surface area (Å²) in [5.41, 5.74) is 3.80. The summed E-state index contributed by atoms with van der Waals surface area (Å²) in [6, 6.07) is 22.5. The lowest BCUT2D eigenvalue weighted by atomic mass is 10.1. The van der Waals surface area contributed by atoms with Crippen molar-refractivity contribution in [2.75, 3.05) is 24.5 Å².